The van der Waals surface area contributed by atoms with E-state index in [9.17, 15) is 4.79 Å². The van der Waals surface area contributed by atoms with Crippen LogP contribution in [0.2, 0.25) is 0 Å². The Morgan fingerprint density at radius 1 is 1.32 bits per heavy atom. The Morgan fingerprint density at radius 3 is 2.68 bits per heavy atom. The van der Waals surface area contributed by atoms with E-state index < -0.39 is 0 Å². The highest BCUT2D eigenvalue weighted by Gasteiger charge is 2.27. The normalized spacial score (nSPS) is 14.7. The minimum atomic E-state index is 0. The monoisotopic (exact) mass is 562 g/mol. The van der Waals surface area contributed by atoms with Crippen LogP contribution in [0.4, 0.5) is 5.69 Å². The molecule has 0 atom stereocenters. The third-order valence-electron chi connectivity index (χ3n) is 4.20. The Balaban J connectivity index is 0.00000280. The van der Waals surface area contributed by atoms with E-state index >= 15 is 0 Å². The number of hydrogen-bond donors (Lipinski definition) is 1. The summed E-state index contributed by atoms with van der Waals surface area (Å²) in [6, 6.07) is 7.70. The molecule has 28 heavy (non-hydrogen) atoms. The van der Waals surface area contributed by atoms with Crippen molar-refractivity contribution >= 4 is 57.5 Å². The number of amides is 1. The van der Waals surface area contributed by atoms with Crippen molar-refractivity contribution in [1.82, 2.24) is 20.0 Å². The molecule has 0 aliphatic carbocycles. The van der Waals surface area contributed by atoms with Crippen molar-refractivity contribution in [1.29, 1.82) is 0 Å². The number of aryl methyl sites for hydroxylation is 1. The van der Waals surface area contributed by atoms with E-state index in [0.717, 1.165) is 15.9 Å². The van der Waals surface area contributed by atoms with Crippen molar-refractivity contribution in [3.63, 3.8) is 0 Å². The first-order chi connectivity index (χ1) is 13.1. The van der Waals surface area contributed by atoms with Crippen molar-refractivity contribution < 1.29 is 9.53 Å². The van der Waals surface area contributed by atoms with Crippen LogP contribution in [0.1, 0.15) is 0 Å². The van der Waals surface area contributed by atoms with E-state index in [0.29, 0.717) is 32.2 Å². The molecule has 0 radical (unpaired) electrons. The first-order valence-electron chi connectivity index (χ1n) is 8.70. The smallest absolute Gasteiger partial charge is 0.246 e. The van der Waals surface area contributed by atoms with Gasteiger partial charge in [0.05, 0.1) is 18.4 Å². The molecule has 8 nitrogen and oxygen atoms in total. The molecular formula is C18H24BrIN6O2. The number of carbonyl (C=O) groups excluding carboxylic acids is 1. The number of benzene rings is 1. The number of piperazine rings is 1. The Labute approximate surface area is 190 Å². The van der Waals surface area contributed by atoms with Gasteiger partial charge >= 0.3 is 0 Å². The third kappa shape index (κ3) is 5.84. The zero-order chi connectivity index (χ0) is 19.2. The van der Waals surface area contributed by atoms with Crippen LogP contribution in [0.5, 0.6) is 5.75 Å². The highest BCUT2D eigenvalue weighted by Crippen LogP contribution is 2.17. The van der Waals surface area contributed by atoms with Crippen LogP contribution in [0.3, 0.4) is 0 Å². The summed E-state index contributed by atoms with van der Waals surface area (Å²) in [6.45, 7) is 2.68. The standard InChI is InChI=1S/C18H23BrN6O2.HI/c1-20-18(21-7-10-27-16-5-3-14(19)4-6-16)24-8-9-25(17(26)13-24)15-11-22-23(2)12-15;/h3-6,11-12H,7-10,13H2,1-2H3,(H,20,21);1H. The van der Waals surface area contributed by atoms with Gasteiger partial charge in [0.15, 0.2) is 5.96 Å². The number of anilines is 1. The van der Waals surface area contributed by atoms with Gasteiger partial charge in [-0.05, 0) is 24.3 Å². The maximum absolute atomic E-state index is 12.5. The van der Waals surface area contributed by atoms with Gasteiger partial charge in [-0.2, -0.15) is 5.10 Å². The summed E-state index contributed by atoms with van der Waals surface area (Å²) in [6.07, 6.45) is 3.56. The lowest BCUT2D eigenvalue weighted by Gasteiger charge is -2.35. The molecule has 1 N–H and O–H groups in total. The minimum Gasteiger partial charge on any atom is -0.492 e. The van der Waals surface area contributed by atoms with Crippen molar-refractivity contribution in [3.05, 3.63) is 41.1 Å². The summed E-state index contributed by atoms with van der Waals surface area (Å²) in [5, 5.41) is 7.39. The number of ether oxygens (including phenoxy) is 1. The van der Waals surface area contributed by atoms with Gasteiger partial charge in [0.2, 0.25) is 5.91 Å². The summed E-state index contributed by atoms with van der Waals surface area (Å²) in [4.78, 5) is 20.5. The SMILES string of the molecule is CN=C(NCCOc1ccc(Br)cc1)N1CCN(c2cnn(C)c2)C(=O)C1.I. The second-order valence-electron chi connectivity index (χ2n) is 6.12. The number of hydrogen-bond acceptors (Lipinski definition) is 4. The van der Waals surface area contributed by atoms with Crippen LogP contribution in [-0.4, -0.2) is 66.4 Å². The molecule has 0 unspecified atom stereocenters. The van der Waals surface area contributed by atoms with E-state index in [1.165, 1.54) is 0 Å². The second kappa shape index (κ2) is 10.6. The molecule has 1 saturated heterocycles. The van der Waals surface area contributed by atoms with Crippen molar-refractivity contribution in [2.45, 2.75) is 0 Å². The highest BCUT2D eigenvalue weighted by molar-refractivity contribution is 14.0. The fourth-order valence-corrected chi connectivity index (χ4v) is 3.13. The number of aromatic nitrogens is 2. The molecule has 1 aliphatic heterocycles. The van der Waals surface area contributed by atoms with Crippen molar-refractivity contribution in [3.8, 4) is 5.75 Å². The van der Waals surface area contributed by atoms with Gasteiger partial charge < -0.3 is 19.9 Å². The molecule has 1 fully saturated rings. The Bertz CT molecular complexity index is 811. The number of nitrogens with one attached hydrogen (secondary N) is 1. The summed E-state index contributed by atoms with van der Waals surface area (Å²) >= 11 is 3.40. The Morgan fingerprint density at radius 2 is 2.07 bits per heavy atom. The number of rotatable bonds is 5. The van der Waals surface area contributed by atoms with Crippen LogP contribution < -0.4 is 15.0 Å². The predicted octanol–water partition coefficient (Wildman–Crippen LogP) is 2.10. The number of carbonyl (C=O) groups is 1. The van der Waals surface area contributed by atoms with Crippen molar-refractivity contribution in [2.24, 2.45) is 12.0 Å². The molecular weight excluding hydrogens is 539 g/mol. The van der Waals surface area contributed by atoms with Crippen LogP contribution in [0.25, 0.3) is 0 Å². The predicted molar refractivity (Wildman–Crippen MR) is 124 cm³/mol. The van der Waals surface area contributed by atoms with E-state index in [2.05, 4.69) is 31.3 Å². The lowest BCUT2D eigenvalue weighted by Crippen LogP contribution is -2.55. The second-order valence-corrected chi connectivity index (χ2v) is 7.03. The largest absolute Gasteiger partial charge is 0.492 e. The summed E-state index contributed by atoms with van der Waals surface area (Å²) < 4.78 is 8.41. The molecule has 10 heteroatoms. The van der Waals surface area contributed by atoms with Gasteiger partial charge in [-0.15, -0.1) is 24.0 Å². The molecule has 152 valence electrons. The molecule has 2 heterocycles. The Hall–Kier alpha value is -1.82. The van der Waals surface area contributed by atoms with Crippen LogP contribution in [0, 0.1) is 0 Å². The zero-order valence-corrected chi connectivity index (χ0v) is 19.8. The van der Waals surface area contributed by atoms with Gasteiger partial charge in [-0.1, -0.05) is 15.9 Å². The van der Waals surface area contributed by atoms with Gasteiger partial charge in [-0.3, -0.25) is 14.5 Å². The molecule has 1 aliphatic rings. The first kappa shape index (κ1) is 22.5. The van der Waals surface area contributed by atoms with Crippen molar-refractivity contribution in [2.75, 3.05) is 44.7 Å². The van der Waals surface area contributed by atoms with Crippen LogP contribution in [-0.2, 0) is 11.8 Å². The molecule has 1 aromatic carbocycles. The molecule has 0 bridgehead atoms. The number of nitrogens with zero attached hydrogens (tertiary/aromatic N) is 5. The van der Waals surface area contributed by atoms with Gasteiger partial charge in [0.1, 0.15) is 18.9 Å². The highest BCUT2D eigenvalue weighted by atomic mass is 127. The number of guanidine groups is 1. The lowest BCUT2D eigenvalue weighted by atomic mass is 10.3. The fourth-order valence-electron chi connectivity index (χ4n) is 2.87. The minimum absolute atomic E-state index is 0. The van der Waals surface area contributed by atoms with E-state index in [4.69, 9.17) is 4.74 Å². The molecule has 1 aromatic heterocycles. The lowest BCUT2D eigenvalue weighted by molar-refractivity contribution is -0.120. The van der Waals surface area contributed by atoms with Gasteiger partial charge in [-0.25, -0.2) is 0 Å². The Kier molecular flexibility index (Phi) is 8.55. The number of aliphatic imine (C=N–C) groups is 1. The van der Waals surface area contributed by atoms with Gasteiger partial charge in [0, 0.05) is 37.9 Å². The van der Waals surface area contributed by atoms with Gasteiger partial charge in [0.25, 0.3) is 0 Å². The quantitative estimate of drug-likeness (QED) is 0.261. The van der Waals surface area contributed by atoms with Crippen LogP contribution >= 0.6 is 39.9 Å². The average Bonchev–Trinajstić information content (AvgIpc) is 3.09. The summed E-state index contributed by atoms with van der Waals surface area (Å²) in [5.74, 6) is 1.55. The van der Waals surface area contributed by atoms with E-state index in [1.54, 1.807) is 22.8 Å². The fraction of sp³-hybridized carbons (Fsp3) is 0.389. The third-order valence-corrected chi connectivity index (χ3v) is 4.73. The summed E-state index contributed by atoms with van der Waals surface area (Å²) in [5.41, 5.74) is 0.827. The molecule has 1 amide bonds. The molecule has 3 rings (SSSR count). The molecule has 2 aromatic rings. The maximum Gasteiger partial charge on any atom is 0.246 e. The molecule has 0 spiro atoms. The topological polar surface area (TPSA) is 75.0 Å². The maximum atomic E-state index is 12.5. The van der Waals surface area contributed by atoms with E-state index in [-0.39, 0.29) is 36.4 Å². The first-order valence-corrected chi connectivity index (χ1v) is 9.49. The molecule has 0 saturated carbocycles. The average molecular weight is 563 g/mol. The van der Waals surface area contributed by atoms with E-state index in [1.807, 2.05) is 42.4 Å². The summed E-state index contributed by atoms with van der Waals surface area (Å²) in [7, 11) is 3.56. The van der Waals surface area contributed by atoms with Crippen LogP contribution in [0.15, 0.2) is 46.1 Å². The zero-order valence-electron chi connectivity index (χ0n) is 15.8. The number of halogens is 2.